The van der Waals surface area contributed by atoms with E-state index in [1.54, 1.807) is 26.0 Å². The van der Waals surface area contributed by atoms with Crippen molar-refractivity contribution in [1.82, 2.24) is 4.90 Å². The first-order valence-corrected chi connectivity index (χ1v) is 6.81. The summed E-state index contributed by atoms with van der Waals surface area (Å²) in [5.74, 6) is 0.710. The van der Waals surface area contributed by atoms with E-state index in [9.17, 15) is 9.90 Å². The van der Waals surface area contributed by atoms with Gasteiger partial charge in [-0.05, 0) is 44.4 Å². The molecule has 1 aliphatic rings. The number of aliphatic hydroxyl groups is 1. The van der Waals surface area contributed by atoms with Gasteiger partial charge in [0.05, 0.1) is 6.10 Å². The lowest BCUT2D eigenvalue weighted by Crippen LogP contribution is -2.38. The maximum absolute atomic E-state index is 12.1. The molecule has 0 spiro atoms. The van der Waals surface area contributed by atoms with Crippen LogP contribution in [0.15, 0.2) is 24.3 Å². The largest absolute Gasteiger partial charge is 0.481 e. The van der Waals surface area contributed by atoms with E-state index in [-0.39, 0.29) is 5.91 Å². The molecule has 19 heavy (non-hydrogen) atoms. The minimum atomic E-state index is -0.488. The molecular formula is C15H21NO3. The molecule has 2 atom stereocenters. The van der Waals surface area contributed by atoms with Crippen LogP contribution in [0, 0.1) is 0 Å². The number of nitrogens with zero attached hydrogens (tertiary/aromatic N) is 1. The van der Waals surface area contributed by atoms with Gasteiger partial charge in [-0.15, -0.1) is 0 Å². The molecule has 0 aliphatic carbocycles. The average molecular weight is 263 g/mol. The second kappa shape index (κ2) is 6.06. The van der Waals surface area contributed by atoms with Gasteiger partial charge in [-0.3, -0.25) is 4.79 Å². The van der Waals surface area contributed by atoms with Crippen LogP contribution in [-0.4, -0.2) is 35.1 Å². The van der Waals surface area contributed by atoms with Crippen molar-refractivity contribution in [2.75, 3.05) is 13.1 Å². The fourth-order valence-corrected chi connectivity index (χ4v) is 2.27. The Morgan fingerprint density at radius 1 is 1.21 bits per heavy atom. The number of carbonyl (C=O) groups is 1. The molecule has 1 saturated heterocycles. The van der Waals surface area contributed by atoms with E-state index in [1.807, 2.05) is 17.0 Å². The smallest absolute Gasteiger partial charge is 0.263 e. The van der Waals surface area contributed by atoms with Gasteiger partial charge in [0.1, 0.15) is 5.75 Å². The fraction of sp³-hybridized carbons (Fsp3) is 0.533. The number of carbonyl (C=O) groups excluding carboxylic acids is 1. The number of hydrogen-bond donors (Lipinski definition) is 1. The van der Waals surface area contributed by atoms with Crippen LogP contribution >= 0.6 is 0 Å². The first kappa shape index (κ1) is 13.9. The number of aliphatic hydroxyl groups excluding tert-OH is 1. The van der Waals surface area contributed by atoms with Crippen molar-refractivity contribution in [3.05, 3.63) is 29.8 Å². The predicted molar refractivity (Wildman–Crippen MR) is 73.0 cm³/mol. The van der Waals surface area contributed by atoms with Crippen LogP contribution in [0.25, 0.3) is 0 Å². The van der Waals surface area contributed by atoms with E-state index in [2.05, 4.69) is 0 Å². The van der Waals surface area contributed by atoms with Crippen LogP contribution in [0.5, 0.6) is 5.75 Å². The zero-order valence-electron chi connectivity index (χ0n) is 11.5. The maximum Gasteiger partial charge on any atom is 0.263 e. The van der Waals surface area contributed by atoms with Gasteiger partial charge in [0.15, 0.2) is 6.10 Å². The molecule has 2 rings (SSSR count). The van der Waals surface area contributed by atoms with Crippen molar-refractivity contribution in [3.63, 3.8) is 0 Å². The van der Waals surface area contributed by atoms with Gasteiger partial charge >= 0.3 is 0 Å². The Balaban J connectivity index is 1.94. The molecule has 4 heteroatoms. The monoisotopic (exact) mass is 263 g/mol. The van der Waals surface area contributed by atoms with Crippen molar-refractivity contribution in [3.8, 4) is 5.75 Å². The molecule has 1 N–H and O–H groups in total. The maximum atomic E-state index is 12.1. The Kier molecular flexibility index (Phi) is 4.43. The van der Waals surface area contributed by atoms with Gasteiger partial charge in [-0.2, -0.15) is 0 Å². The van der Waals surface area contributed by atoms with E-state index in [0.717, 1.165) is 31.5 Å². The normalized spacial score (nSPS) is 18.2. The van der Waals surface area contributed by atoms with Gasteiger partial charge in [-0.1, -0.05) is 12.1 Å². The molecule has 0 aromatic heterocycles. The van der Waals surface area contributed by atoms with E-state index in [0.29, 0.717) is 5.75 Å². The molecule has 1 fully saturated rings. The second-order valence-electron chi connectivity index (χ2n) is 5.04. The molecule has 1 aliphatic heterocycles. The molecular weight excluding hydrogens is 242 g/mol. The van der Waals surface area contributed by atoms with Gasteiger partial charge in [0.25, 0.3) is 5.91 Å². The summed E-state index contributed by atoms with van der Waals surface area (Å²) in [6, 6.07) is 7.20. The topological polar surface area (TPSA) is 49.8 Å². The fourth-order valence-electron chi connectivity index (χ4n) is 2.27. The lowest BCUT2D eigenvalue weighted by Gasteiger charge is -2.21. The summed E-state index contributed by atoms with van der Waals surface area (Å²) < 4.78 is 5.65. The zero-order chi connectivity index (χ0) is 13.8. The summed E-state index contributed by atoms with van der Waals surface area (Å²) in [7, 11) is 0. The summed E-state index contributed by atoms with van der Waals surface area (Å²) in [5, 5.41) is 9.43. The zero-order valence-corrected chi connectivity index (χ0v) is 11.5. The Labute approximate surface area is 114 Å². The lowest BCUT2D eigenvalue weighted by atomic mass is 10.1. The number of rotatable bonds is 4. The number of amides is 1. The van der Waals surface area contributed by atoms with Crippen LogP contribution in [-0.2, 0) is 4.79 Å². The number of likely N-dealkylation sites (tertiary alicyclic amines) is 1. The van der Waals surface area contributed by atoms with Crippen molar-refractivity contribution in [2.24, 2.45) is 0 Å². The molecule has 0 bridgehead atoms. The molecule has 4 nitrogen and oxygen atoms in total. The molecule has 104 valence electrons. The highest BCUT2D eigenvalue weighted by Gasteiger charge is 2.24. The Bertz CT molecular complexity index is 422. The minimum Gasteiger partial charge on any atom is -0.481 e. The lowest BCUT2D eigenvalue weighted by molar-refractivity contribution is -0.136. The third-order valence-electron chi connectivity index (χ3n) is 3.44. The summed E-state index contributed by atoms with van der Waals surface area (Å²) >= 11 is 0. The number of ether oxygens (including phenoxy) is 1. The van der Waals surface area contributed by atoms with E-state index >= 15 is 0 Å². The first-order chi connectivity index (χ1) is 9.08. The minimum absolute atomic E-state index is 0.0529. The van der Waals surface area contributed by atoms with Gasteiger partial charge in [-0.25, -0.2) is 0 Å². The van der Waals surface area contributed by atoms with Crippen molar-refractivity contribution in [1.29, 1.82) is 0 Å². The quantitative estimate of drug-likeness (QED) is 0.905. The third-order valence-corrected chi connectivity index (χ3v) is 3.44. The van der Waals surface area contributed by atoms with Crippen molar-refractivity contribution < 1.29 is 14.6 Å². The Hall–Kier alpha value is -1.55. The van der Waals surface area contributed by atoms with Gasteiger partial charge < -0.3 is 14.7 Å². The van der Waals surface area contributed by atoms with Crippen LogP contribution < -0.4 is 4.74 Å². The summed E-state index contributed by atoms with van der Waals surface area (Å²) in [5.41, 5.74) is 0.839. The summed E-state index contributed by atoms with van der Waals surface area (Å²) in [4.78, 5) is 13.9. The Morgan fingerprint density at radius 2 is 1.79 bits per heavy atom. The van der Waals surface area contributed by atoms with Crippen molar-refractivity contribution in [2.45, 2.75) is 38.9 Å². The van der Waals surface area contributed by atoms with Crippen LogP contribution in [0.4, 0.5) is 0 Å². The predicted octanol–water partition coefficient (Wildman–Crippen LogP) is 2.13. The standard InChI is InChI=1S/C15H21NO3/c1-11(17)13-5-7-14(8-6-13)19-12(2)15(18)16-9-3-4-10-16/h5-8,11-12,17H,3-4,9-10H2,1-2H3/t11-,12?/m0/s1. The van der Waals surface area contributed by atoms with Gasteiger partial charge in [0, 0.05) is 13.1 Å². The molecule has 1 aromatic rings. The summed E-state index contributed by atoms with van der Waals surface area (Å²) in [6.45, 7) is 5.18. The molecule has 1 heterocycles. The number of benzene rings is 1. The highest BCUT2D eigenvalue weighted by atomic mass is 16.5. The van der Waals surface area contributed by atoms with Crippen LogP contribution in [0.1, 0.15) is 38.4 Å². The summed E-state index contributed by atoms with van der Waals surface area (Å²) in [6.07, 6.45) is 1.22. The molecule has 0 saturated carbocycles. The van der Waals surface area contributed by atoms with Gasteiger partial charge in [0.2, 0.25) is 0 Å². The molecule has 0 radical (unpaired) electrons. The molecule has 1 amide bonds. The van der Waals surface area contributed by atoms with E-state index < -0.39 is 12.2 Å². The second-order valence-corrected chi connectivity index (χ2v) is 5.04. The highest BCUT2D eigenvalue weighted by molar-refractivity contribution is 5.81. The van der Waals surface area contributed by atoms with E-state index in [1.165, 1.54) is 0 Å². The molecule has 1 aromatic carbocycles. The first-order valence-electron chi connectivity index (χ1n) is 6.81. The van der Waals surface area contributed by atoms with Crippen LogP contribution in [0.3, 0.4) is 0 Å². The van der Waals surface area contributed by atoms with Crippen LogP contribution in [0.2, 0.25) is 0 Å². The number of hydrogen-bond acceptors (Lipinski definition) is 3. The SMILES string of the molecule is CC(Oc1ccc([C@H](C)O)cc1)C(=O)N1CCCC1. The average Bonchev–Trinajstić information content (AvgIpc) is 2.92. The van der Waals surface area contributed by atoms with E-state index in [4.69, 9.17) is 4.74 Å². The van der Waals surface area contributed by atoms with Crippen molar-refractivity contribution >= 4 is 5.91 Å². The third kappa shape index (κ3) is 3.47. The Morgan fingerprint density at radius 3 is 2.32 bits per heavy atom. The molecule has 1 unspecified atom stereocenters. The highest BCUT2D eigenvalue weighted by Crippen LogP contribution is 2.19.